The minimum atomic E-state index is -0.241. The molecule has 0 radical (unpaired) electrons. The second-order valence-electron chi connectivity index (χ2n) is 4.90. The number of phenolic OH excluding ortho intramolecular Hbond substituents is 1. The summed E-state index contributed by atoms with van der Waals surface area (Å²) in [6.07, 6.45) is -0.246. The number of amides is 1. The second kappa shape index (κ2) is 6.11. The van der Waals surface area contributed by atoms with E-state index >= 15 is 0 Å². The zero-order valence-corrected chi connectivity index (χ0v) is 11.7. The van der Waals surface area contributed by atoms with Gasteiger partial charge in [0.05, 0.1) is 24.9 Å². The average Bonchev–Trinajstić information content (AvgIpc) is 2.46. The van der Waals surface area contributed by atoms with Crippen LogP contribution in [0, 0.1) is 0 Å². The maximum atomic E-state index is 12.5. The summed E-state index contributed by atoms with van der Waals surface area (Å²) in [6.45, 7) is 3.16. The molecule has 1 saturated heterocycles. The van der Waals surface area contributed by atoms with Crippen LogP contribution in [0.2, 0.25) is 0 Å². The Morgan fingerprint density at radius 3 is 2.95 bits per heavy atom. The first-order valence-electron chi connectivity index (χ1n) is 6.57. The minimum Gasteiger partial charge on any atom is -0.507 e. The van der Waals surface area contributed by atoms with Gasteiger partial charge in [0.2, 0.25) is 0 Å². The molecule has 110 valence electrons. The van der Waals surface area contributed by atoms with E-state index in [1.54, 1.807) is 11.0 Å². The largest absolute Gasteiger partial charge is 0.507 e. The summed E-state index contributed by atoms with van der Waals surface area (Å²) in [4.78, 5) is 14.2. The Bertz CT molecular complexity index is 492. The van der Waals surface area contributed by atoms with Crippen molar-refractivity contribution in [1.82, 2.24) is 4.90 Å². The predicted molar refractivity (Wildman–Crippen MR) is 74.0 cm³/mol. The van der Waals surface area contributed by atoms with E-state index in [1.165, 1.54) is 19.2 Å². The number of benzene rings is 1. The summed E-state index contributed by atoms with van der Waals surface area (Å²) < 4.78 is 10.7. The predicted octanol–water partition coefficient (Wildman–Crippen LogP) is 0.589. The number of hydrogen-bond donors (Lipinski definition) is 2. The van der Waals surface area contributed by atoms with E-state index in [2.05, 4.69) is 0 Å². The lowest BCUT2D eigenvalue weighted by molar-refractivity contribution is -0.0626. The number of rotatable bonds is 3. The lowest BCUT2D eigenvalue weighted by Gasteiger charge is -2.36. The van der Waals surface area contributed by atoms with Crippen molar-refractivity contribution in [3.63, 3.8) is 0 Å². The molecule has 1 heterocycles. The summed E-state index contributed by atoms with van der Waals surface area (Å²) in [5.41, 5.74) is 5.84. The Kier molecular flexibility index (Phi) is 4.46. The van der Waals surface area contributed by atoms with Gasteiger partial charge in [0.25, 0.3) is 5.91 Å². The van der Waals surface area contributed by atoms with E-state index in [0.717, 1.165) is 0 Å². The number of carbonyl (C=O) groups is 1. The van der Waals surface area contributed by atoms with Crippen LogP contribution < -0.4 is 10.5 Å². The molecular formula is C14H20N2O4. The van der Waals surface area contributed by atoms with Crippen molar-refractivity contribution in [3.05, 3.63) is 23.8 Å². The zero-order valence-electron chi connectivity index (χ0n) is 11.7. The van der Waals surface area contributed by atoms with E-state index < -0.39 is 0 Å². The number of phenols is 1. The number of nitrogens with zero attached hydrogens (tertiary/aromatic N) is 1. The van der Waals surface area contributed by atoms with Gasteiger partial charge in [-0.1, -0.05) is 0 Å². The molecule has 0 saturated carbocycles. The number of carbonyl (C=O) groups excluding carboxylic acids is 1. The van der Waals surface area contributed by atoms with Crippen LogP contribution >= 0.6 is 0 Å². The molecule has 0 spiro atoms. The molecule has 0 aliphatic carbocycles. The van der Waals surface area contributed by atoms with Gasteiger partial charge in [0.1, 0.15) is 11.5 Å². The summed E-state index contributed by atoms with van der Waals surface area (Å²) >= 11 is 0. The number of hydrogen-bond acceptors (Lipinski definition) is 5. The topological polar surface area (TPSA) is 85.0 Å². The van der Waals surface area contributed by atoms with E-state index in [9.17, 15) is 9.90 Å². The van der Waals surface area contributed by atoms with Gasteiger partial charge in [-0.3, -0.25) is 4.79 Å². The molecule has 2 atom stereocenters. The van der Waals surface area contributed by atoms with Gasteiger partial charge in [-0.25, -0.2) is 0 Å². The van der Waals surface area contributed by atoms with Crippen LogP contribution in [0.1, 0.15) is 17.3 Å². The summed E-state index contributed by atoms with van der Waals surface area (Å²) in [7, 11) is 1.52. The van der Waals surface area contributed by atoms with Crippen LogP contribution in [0.3, 0.4) is 0 Å². The molecule has 0 bridgehead atoms. The molecule has 0 aromatic heterocycles. The molecule has 2 unspecified atom stereocenters. The first-order chi connectivity index (χ1) is 9.55. The van der Waals surface area contributed by atoms with Crippen molar-refractivity contribution in [2.24, 2.45) is 5.73 Å². The molecule has 1 fully saturated rings. The highest BCUT2D eigenvalue weighted by atomic mass is 16.5. The van der Waals surface area contributed by atoms with Gasteiger partial charge >= 0.3 is 0 Å². The number of methoxy groups -OCH3 is 1. The molecule has 3 N–H and O–H groups in total. The quantitative estimate of drug-likeness (QED) is 0.846. The number of nitrogens with two attached hydrogens (primary N) is 1. The van der Waals surface area contributed by atoms with Crippen molar-refractivity contribution in [3.8, 4) is 11.5 Å². The fourth-order valence-electron chi connectivity index (χ4n) is 2.32. The highest BCUT2D eigenvalue weighted by Gasteiger charge is 2.29. The third-order valence-electron chi connectivity index (χ3n) is 3.31. The lowest BCUT2D eigenvalue weighted by atomic mass is 10.1. The van der Waals surface area contributed by atoms with Crippen molar-refractivity contribution in [2.45, 2.75) is 19.1 Å². The SMILES string of the molecule is COc1ccc(O)c(C(=O)N2CC(C)OC(CN)C2)c1. The lowest BCUT2D eigenvalue weighted by Crippen LogP contribution is -2.51. The van der Waals surface area contributed by atoms with Crippen molar-refractivity contribution in [2.75, 3.05) is 26.7 Å². The minimum absolute atomic E-state index is 0.0563. The van der Waals surface area contributed by atoms with Gasteiger partial charge in [0.15, 0.2) is 0 Å². The number of morpholine rings is 1. The number of aromatic hydroxyl groups is 1. The van der Waals surface area contributed by atoms with Gasteiger partial charge < -0.3 is 25.2 Å². The highest BCUT2D eigenvalue weighted by Crippen LogP contribution is 2.25. The molecular weight excluding hydrogens is 260 g/mol. The Balaban J connectivity index is 2.22. The first-order valence-corrected chi connectivity index (χ1v) is 6.57. The molecule has 6 nitrogen and oxygen atoms in total. The van der Waals surface area contributed by atoms with Crippen molar-refractivity contribution < 1.29 is 19.4 Å². The fourth-order valence-corrected chi connectivity index (χ4v) is 2.32. The number of ether oxygens (including phenoxy) is 2. The Morgan fingerprint density at radius 2 is 2.30 bits per heavy atom. The van der Waals surface area contributed by atoms with Gasteiger partial charge in [-0.2, -0.15) is 0 Å². The Hall–Kier alpha value is -1.79. The summed E-state index contributed by atoms with van der Waals surface area (Å²) in [5, 5.41) is 9.86. The van der Waals surface area contributed by atoms with Gasteiger partial charge in [-0.05, 0) is 25.1 Å². The van der Waals surface area contributed by atoms with Gasteiger partial charge in [-0.15, -0.1) is 0 Å². The monoisotopic (exact) mass is 280 g/mol. The summed E-state index contributed by atoms with van der Waals surface area (Å²) in [6, 6.07) is 4.60. The third-order valence-corrected chi connectivity index (χ3v) is 3.31. The molecule has 1 aliphatic heterocycles. The van der Waals surface area contributed by atoms with Crippen molar-refractivity contribution >= 4 is 5.91 Å². The van der Waals surface area contributed by atoms with E-state index in [-0.39, 0.29) is 29.4 Å². The zero-order chi connectivity index (χ0) is 14.7. The van der Waals surface area contributed by atoms with E-state index in [4.69, 9.17) is 15.2 Å². The molecule has 20 heavy (non-hydrogen) atoms. The van der Waals surface area contributed by atoms with Crippen LogP contribution in [0.4, 0.5) is 0 Å². The molecule has 1 aromatic rings. The van der Waals surface area contributed by atoms with Crippen LogP contribution in [0.15, 0.2) is 18.2 Å². The van der Waals surface area contributed by atoms with E-state index in [1.807, 2.05) is 6.92 Å². The summed E-state index contributed by atoms with van der Waals surface area (Å²) in [5.74, 6) is 0.233. The van der Waals surface area contributed by atoms with Gasteiger partial charge in [0, 0.05) is 19.6 Å². The standard InChI is InChI=1S/C14H20N2O4/c1-9-7-16(8-11(6-15)20-9)14(18)12-5-10(19-2)3-4-13(12)17/h3-5,9,11,17H,6-8,15H2,1-2H3. The van der Waals surface area contributed by atoms with Crippen LogP contribution in [0.25, 0.3) is 0 Å². The van der Waals surface area contributed by atoms with E-state index in [0.29, 0.717) is 25.4 Å². The Morgan fingerprint density at radius 1 is 1.55 bits per heavy atom. The second-order valence-corrected chi connectivity index (χ2v) is 4.90. The normalized spacial score (nSPS) is 22.6. The Labute approximate surface area is 118 Å². The van der Waals surface area contributed by atoms with Crippen LogP contribution in [0.5, 0.6) is 11.5 Å². The highest BCUT2D eigenvalue weighted by molar-refractivity contribution is 5.97. The molecule has 1 amide bonds. The van der Waals surface area contributed by atoms with Crippen molar-refractivity contribution in [1.29, 1.82) is 0 Å². The smallest absolute Gasteiger partial charge is 0.257 e. The van der Waals surface area contributed by atoms with Crippen LogP contribution in [-0.4, -0.2) is 54.9 Å². The first kappa shape index (κ1) is 14.6. The average molecular weight is 280 g/mol. The maximum absolute atomic E-state index is 12.5. The molecule has 2 rings (SSSR count). The fraction of sp³-hybridized carbons (Fsp3) is 0.500. The maximum Gasteiger partial charge on any atom is 0.257 e. The molecule has 1 aromatic carbocycles. The van der Waals surface area contributed by atoms with Crippen LogP contribution in [-0.2, 0) is 4.74 Å². The molecule has 6 heteroatoms. The molecule has 1 aliphatic rings. The third kappa shape index (κ3) is 3.02.